The Bertz CT molecular complexity index is 1790. The van der Waals surface area contributed by atoms with E-state index < -0.39 is 29.6 Å². The smallest absolute Gasteiger partial charge is 0.192 e. The van der Waals surface area contributed by atoms with Gasteiger partial charge in [0.1, 0.15) is 6.04 Å². The number of carbonyl (C=O) groups is 1. The second-order valence-corrected chi connectivity index (χ2v) is 17.7. The van der Waals surface area contributed by atoms with Gasteiger partial charge < -0.3 is 24.3 Å². The van der Waals surface area contributed by atoms with Crippen LogP contribution in [0.2, 0.25) is 0 Å². The Labute approximate surface area is 266 Å². The molecule has 5 unspecified atom stereocenters. The van der Waals surface area contributed by atoms with E-state index in [4.69, 9.17) is 9.47 Å². The number of Topliss-reactive ketones (excluding diaryl/α,β-unsaturated/α-hetero) is 1. The minimum absolute atomic E-state index is 0.0102. The van der Waals surface area contributed by atoms with Gasteiger partial charge in [0.05, 0.1) is 34.5 Å². The minimum Gasteiger partial charge on any atom is -0.388 e. The zero-order valence-electron chi connectivity index (χ0n) is 28.2. The van der Waals surface area contributed by atoms with Crippen molar-refractivity contribution in [3.05, 3.63) is 52.2 Å². The zero-order valence-corrected chi connectivity index (χ0v) is 28.2. The molecule has 2 N–H and O–H groups in total. The predicted octanol–water partition coefficient (Wildman–Crippen LogP) is 7.34. The second kappa shape index (κ2) is 8.24. The summed E-state index contributed by atoms with van der Waals surface area (Å²) >= 11 is 0. The highest BCUT2D eigenvalue weighted by molar-refractivity contribution is 6.18. The summed E-state index contributed by atoms with van der Waals surface area (Å²) in [6, 6.07) is 1.87. The maximum atomic E-state index is 14.8. The van der Waals surface area contributed by atoms with E-state index in [9.17, 15) is 15.0 Å². The quantitative estimate of drug-likeness (QED) is 0.330. The van der Waals surface area contributed by atoms with Crippen molar-refractivity contribution in [3.63, 3.8) is 0 Å². The molecule has 7 aliphatic rings. The number of rotatable bonds is 1. The summed E-state index contributed by atoms with van der Waals surface area (Å²) < 4.78 is 15.0. The summed E-state index contributed by atoms with van der Waals surface area (Å²) in [6.45, 7) is 22.1. The van der Waals surface area contributed by atoms with E-state index in [0.29, 0.717) is 23.8 Å². The van der Waals surface area contributed by atoms with Gasteiger partial charge in [-0.05, 0) is 113 Å². The maximum Gasteiger partial charge on any atom is 0.192 e. The number of allylic oxidation sites excluding steroid dienone is 1. The van der Waals surface area contributed by atoms with Gasteiger partial charge in [-0.3, -0.25) is 4.79 Å². The van der Waals surface area contributed by atoms with Gasteiger partial charge in [-0.1, -0.05) is 32.9 Å². The van der Waals surface area contributed by atoms with Crippen LogP contribution in [0.1, 0.15) is 132 Å². The van der Waals surface area contributed by atoms with Crippen molar-refractivity contribution in [2.75, 3.05) is 0 Å². The molecule has 3 aliphatic heterocycles. The van der Waals surface area contributed by atoms with Crippen LogP contribution in [0.15, 0.2) is 24.3 Å². The van der Waals surface area contributed by atoms with Crippen LogP contribution in [0.25, 0.3) is 16.5 Å². The number of fused-ring (bicyclic) bond motifs is 13. The molecule has 1 aromatic heterocycles. The van der Waals surface area contributed by atoms with Crippen LogP contribution < -0.4 is 0 Å². The number of hydrogen-bond acceptors (Lipinski definition) is 5. The number of ether oxygens (including phenoxy) is 2. The van der Waals surface area contributed by atoms with Crippen molar-refractivity contribution in [3.8, 4) is 0 Å². The largest absolute Gasteiger partial charge is 0.388 e. The molecule has 4 aliphatic carbocycles. The molecule has 240 valence electrons. The second-order valence-electron chi connectivity index (χ2n) is 17.7. The number of aliphatic hydroxyl groups excluding tert-OH is 2. The molecular formula is C39H49NO5. The first-order chi connectivity index (χ1) is 21.0. The van der Waals surface area contributed by atoms with Crippen molar-refractivity contribution in [2.24, 2.45) is 28.6 Å². The number of ketones is 1. The fraction of sp³-hybridized carbons (Fsp3) is 0.667. The Morgan fingerprint density at radius 2 is 1.80 bits per heavy atom. The lowest BCUT2D eigenvalue weighted by Crippen LogP contribution is -2.61. The molecule has 2 saturated carbocycles. The summed E-state index contributed by atoms with van der Waals surface area (Å²) in [5.74, 6) is 0.747. The average Bonchev–Trinajstić information content (AvgIpc) is 3.65. The first kappa shape index (κ1) is 28.9. The van der Waals surface area contributed by atoms with Gasteiger partial charge in [-0.15, -0.1) is 0 Å². The zero-order chi connectivity index (χ0) is 32.0. The maximum absolute atomic E-state index is 14.8. The van der Waals surface area contributed by atoms with Crippen molar-refractivity contribution in [2.45, 2.75) is 135 Å². The predicted molar refractivity (Wildman–Crippen MR) is 174 cm³/mol. The number of aromatic nitrogens is 1. The minimum atomic E-state index is -0.813. The number of aliphatic hydroxyl groups is 2. The molecule has 2 aromatic rings. The van der Waals surface area contributed by atoms with Gasteiger partial charge in [0.15, 0.2) is 12.1 Å². The summed E-state index contributed by atoms with van der Waals surface area (Å²) in [7, 11) is 0. The van der Waals surface area contributed by atoms with E-state index in [1.165, 1.54) is 16.6 Å². The Morgan fingerprint density at radius 1 is 1.07 bits per heavy atom. The van der Waals surface area contributed by atoms with Crippen LogP contribution in [0.5, 0.6) is 0 Å². The monoisotopic (exact) mass is 611 g/mol. The standard InChI is InChI=1S/C39H49NO5/c1-18(2)30-33(43)28-27-20(23-16-35(3,4)45-36(5,6)29(23)32(27)42)15-21-22-14-19-10-11-24-37(7)17-26(41)44-25(37)12-13-38(24,8)39(19,9)34(22)40(30)31(21)28/h15-16,19,24-26,29-30,32,41-42H,1,10-14,17H2,2-9H3/t19?,24?,25-,26?,29?,30-,32+,37-,38-,39?/m0/s1. The van der Waals surface area contributed by atoms with E-state index in [0.717, 1.165) is 59.9 Å². The van der Waals surface area contributed by atoms with Crippen LogP contribution in [0, 0.1) is 28.6 Å². The lowest BCUT2D eigenvalue weighted by atomic mass is 9.40. The van der Waals surface area contributed by atoms with Crippen LogP contribution >= 0.6 is 0 Å². The van der Waals surface area contributed by atoms with E-state index in [-0.39, 0.29) is 34.1 Å². The lowest BCUT2D eigenvalue weighted by molar-refractivity contribution is -0.158. The summed E-state index contributed by atoms with van der Waals surface area (Å²) in [6.07, 6.45) is 6.79. The van der Waals surface area contributed by atoms with Crippen molar-refractivity contribution in [1.82, 2.24) is 4.57 Å². The highest BCUT2D eigenvalue weighted by Crippen LogP contribution is 2.73. The van der Waals surface area contributed by atoms with Gasteiger partial charge in [0.25, 0.3) is 0 Å². The molecule has 6 nitrogen and oxygen atoms in total. The Balaban J connectivity index is 1.32. The first-order valence-electron chi connectivity index (χ1n) is 17.3. The van der Waals surface area contributed by atoms with Gasteiger partial charge in [0.2, 0.25) is 0 Å². The molecule has 0 bridgehead atoms. The molecule has 0 radical (unpaired) electrons. The third kappa shape index (κ3) is 3.11. The van der Waals surface area contributed by atoms with Crippen LogP contribution in [0.3, 0.4) is 0 Å². The number of nitrogens with zero attached hydrogens (tertiary/aromatic N) is 1. The third-order valence-corrected chi connectivity index (χ3v) is 14.6. The van der Waals surface area contributed by atoms with E-state index in [1.807, 2.05) is 6.92 Å². The van der Waals surface area contributed by atoms with E-state index in [1.54, 1.807) is 0 Å². The van der Waals surface area contributed by atoms with E-state index >= 15 is 0 Å². The number of benzene rings is 1. The molecule has 3 fully saturated rings. The van der Waals surface area contributed by atoms with Gasteiger partial charge in [-0.2, -0.15) is 0 Å². The Kier molecular flexibility index (Phi) is 5.29. The summed E-state index contributed by atoms with van der Waals surface area (Å²) in [4.78, 5) is 14.8. The number of carbonyl (C=O) groups excluding carboxylic acids is 1. The molecule has 45 heavy (non-hydrogen) atoms. The molecule has 9 rings (SSSR count). The molecule has 0 amide bonds. The lowest BCUT2D eigenvalue weighted by Gasteiger charge is -2.64. The molecule has 1 aromatic carbocycles. The Morgan fingerprint density at radius 3 is 2.51 bits per heavy atom. The van der Waals surface area contributed by atoms with Crippen LogP contribution in [-0.4, -0.2) is 44.2 Å². The number of hydrogen-bond donors (Lipinski definition) is 2. The normalized spacial score (nSPS) is 44.6. The molecule has 10 atom stereocenters. The Hall–Kier alpha value is -2.25. The third-order valence-electron chi connectivity index (χ3n) is 14.6. The van der Waals surface area contributed by atoms with Crippen LogP contribution in [0.4, 0.5) is 0 Å². The molecule has 4 heterocycles. The fourth-order valence-electron chi connectivity index (χ4n) is 13.1. The van der Waals surface area contributed by atoms with Gasteiger partial charge >= 0.3 is 0 Å². The topological polar surface area (TPSA) is 80.9 Å². The average molecular weight is 612 g/mol. The molecular weight excluding hydrogens is 562 g/mol. The highest BCUT2D eigenvalue weighted by Gasteiger charge is 2.69. The molecule has 1 saturated heterocycles. The fourth-order valence-corrected chi connectivity index (χ4v) is 13.1. The summed E-state index contributed by atoms with van der Waals surface area (Å²) in [5.41, 5.74) is 6.97. The van der Waals surface area contributed by atoms with Crippen molar-refractivity contribution < 1.29 is 24.5 Å². The SMILES string of the molecule is C=C(C)[C@H]1C(=O)c2c3c(cc4c5c(n1c24)C1(C)C(CCC2[C@]4(C)CC(O)O[C@H]4CC[C@@]21C)C5)C1=CC(C)(C)OC(C)(C)C1[C@@H]3O. The van der Waals surface area contributed by atoms with Crippen molar-refractivity contribution >= 4 is 22.3 Å². The first-order valence-corrected chi connectivity index (χ1v) is 17.3. The van der Waals surface area contributed by atoms with E-state index in [2.05, 4.69) is 71.8 Å². The molecule has 0 spiro atoms. The summed E-state index contributed by atoms with van der Waals surface area (Å²) in [5, 5.41) is 24.0. The van der Waals surface area contributed by atoms with Gasteiger partial charge in [-0.25, -0.2) is 0 Å². The van der Waals surface area contributed by atoms with Gasteiger partial charge in [0, 0.05) is 39.8 Å². The van der Waals surface area contributed by atoms with Crippen LogP contribution in [-0.2, 0) is 21.3 Å². The molecule has 6 heteroatoms. The highest BCUT2D eigenvalue weighted by atomic mass is 16.6. The van der Waals surface area contributed by atoms with Crippen molar-refractivity contribution in [1.29, 1.82) is 0 Å².